The molecule has 2 aromatic heterocycles. The van der Waals surface area contributed by atoms with Crippen LogP contribution in [0.15, 0.2) is 24.3 Å². The predicted molar refractivity (Wildman–Crippen MR) is 98.1 cm³/mol. The maximum absolute atomic E-state index is 13.1. The van der Waals surface area contributed by atoms with Crippen molar-refractivity contribution >= 4 is 29.0 Å². The van der Waals surface area contributed by atoms with Crippen molar-refractivity contribution < 1.29 is 13.2 Å². The highest BCUT2D eigenvalue weighted by molar-refractivity contribution is 6.30. The number of nitrogens with zero attached hydrogens (tertiary/aromatic N) is 4. The molecule has 6 nitrogen and oxygen atoms in total. The molecule has 0 atom stereocenters. The molecule has 0 bridgehead atoms. The summed E-state index contributed by atoms with van der Waals surface area (Å²) in [6.45, 7) is -0.294. The molecule has 0 fully saturated rings. The van der Waals surface area contributed by atoms with Crippen molar-refractivity contribution in [1.82, 2.24) is 20.0 Å². The SMILES string of the molecule is Cn1nc(C(F)(F)F)c(CNc2n[nH]c(Cc3cccc(Cl)c3)c2C#N)c1Cl. The number of alkyl halides is 3. The van der Waals surface area contributed by atoms with Crippen molar-refractivity contribution in [2.45, 2.75) is 19.1 Å². The highest BCUT2D eigenvalue weighted by Crippen LogP contribution is 2.34. The highest BCUT2D eigenvalue weighted by Gasteiger charge is 2.38. The van der Waals surface area contributed by atoms with Gasteiger partial charge in [0.25, 0.3) is 0 Å². The molecule has 0 aliphatic rings. The number of hydrogen-bond donors (Lipinski definition) is 2. The number of aryl methyl sites for hydroxylation is 1. The van der Waals surface area contributed by atoms with Crippen LogP contribution in [-0.4, -0.2) is 20.0 Å². The Morgan fingerprint density at radius 1 is 1.32 bits per heavy atom. The fraction of sp³-hybridized carbons (Fsp3) is 0.235. The van der Waals surface area contributed by atoms with Gasteiger partial charge < -0.3 is 5.32 Å². The molecule has 28 heavy (non-hydrogen) atoms. The van der Waals surface area contributed by atoms with Gasteiger partial charge in [-0.05, 0) is 17.7 Å². The number of nitriles is 1. The minimum absolute atomic E-state index is 0.132. The van der Waals surface area contributed by atoms with Crippen LogP contribution in [0, 0.1) is 11.3 Å². The van der Waals surface area contributed by atoms with Gasteiger partial charge in [0.05, 0.1) is 5.69 Å². The number of aromatic nitrogens is 4. The van der Waals surface area contributed by atoms with E-state index in [4.69, 9.17) is 23.2 Å². The van der Waals surface area contributed by atoms with Gasteiger partial charge in [-0.15, -0.1) is 0 Å². The van der Waals surface area contributed by atoms with E-state index in [1.54, 1.807) is 18.2 Å². The Labute approximate surface area is 167 Å². The molecule has 3 aromatic rings. The Bertz CT molecular complexity index is 1050. The molecule has 0 saturated heterocycles. The van der Waals surface area contributed by atoms with Crippen molar-refractivity contribution in [3.8, 4) is 6.07 Å². The van der Waals surface area contributed by atoms with E-state index in [0.29, 0.717) is 17.1 Å². The molecule has 0 saturated carbocycles. The molecule has 3 rings (SSSR count). The van der Waals surface area contributed by atoms with Crippen LogP contribution < -0.4 is 5.32 Å². The van der Waals surface area contributed by atoms with Crippen molar-refractivity contribution in [2.75, 3.05) is 5.32 Å². The van der Waals surface area contributed by atoms with Crippen LogP contribution in [0.2, 0.25) is 10.2 Å². The van der Waals surface area contributed by atoms with Gasteiger partial charge in [-0.25, -0.2) is 0 Å². The standard InChI is InChI=1S/C17H13Cl2F3N6/c1-28-15(19)12(14(27-28)17(20,21)22)8-24-16-11(7-23)13(25-26-16)6-9-3-2-4-10(18)5-9/h2-5H,6,8H2,1H3,(H2,24,25,26). The van der Waals surface area contributed by atoms with Gasteiger partial charge in [0.15, 0.2) is 11.5 Å². The molecule has 0 radical (unpaired) electrons. The summed E-state index contributed by atoms with van der Waals surface area (Å²) in [6.07, 6.45) is -4.29. The number of anilines is 1. The van der Waals surface area contributed by atoms with E-state index in [0.717, 1.165) is 10.2 Å². The largest absolute Gasteiger partial charge is 0.435 e. The molecule has 2 heterocycles. The fourth-order valence-corrected chi connectivity index (χ4v) is 3.12. The van der Waals surface area contributed by atoms with E-state index >= 15 is 0 Å². The lowest BCUT2D eigenvalue weighted by Crippen LogP contribution is -2.12. The summed E-state index contributed by atoms with van der Waals surface area (Å²) >= 11 is 11.9. The van der Waals surface area contributed by atoms with Crippen molar-refractivity contribution in [1.29, 1.82) is 5.26 Å². The van der Waals surface area contributed by atoms with Crippen LogP contribution in [0.4, 0.5) is 19.0 Å². The zero-order valence-corrected chi connectivity index (χ0v) is 15.9. The topological polar surface area (TPSA) is 82.3 Å². The van der Waals surface area contributed by atoms with Crippen LogP contribution in [0.1, 0.15) is 28.1 Å². The monoisotopic (exact) mass is 428 g/mol. The Balaban J connectivity index is 1.83. The van der Waals surface area contributed by atoms with E-state index in [1.165, 1.54) is 7.05 Å². The second kappa shape index (κ2) is 7.73. The minimum atomic E-state index is -4.65. The van der Waals surface area contributed by atoms with Crippen LogP contribution >= 0.6 is 23.2 Å². The van der Waals surface area contributed by atoms with E-state index in [9.17, 15) is 18.4 Å². The quantitative estimate of drug-likeness (QED) is 0.624. The molecule has 0 amide bonds. The molecular formula is C17H13Cl2F3N6. The number of halogens is 5. The van der Waals surface area contributed by atoms with E-state index < -0.39 is 11.9 Å². The summed E-state index contributed by atoms with van der Waals surface area (Å²) < 4.78 is 40.4. The molecule has 0 aliphatic carbocycles. The lowest BCUT2D eigenvalue weighted by Gasteiger charge is -2.07. The van der Waals surface area contributed by atoms with Gasteiger partial charge in [0.1, 0.15) is 16.8 Å². The smallest absolute Gasteiger partial charge is 0.363 e. The predicted octanol–water partition coefficient (Wildman–Crippen LogP) is 4.54. The number of hydrogen-bond acceptors (Lipinski definition) is 4. The lowest BCUT2D eigenvalue weighted by atomic mass is 10.1. The third kappa shape index (κ3) is 4.08. The second-order valence-corrected chi connectivity index (χ2v) is 6.73. The summed E-state index contributed by atoms with van der Waals surface area (Å²) in [6, 6.07) is 9.11. The maximum Gasteiger partial charge on any atom is 0.435 e. The first-order valence-corrected chi connectivity index (χ1v) is 8.70. The number of aromatic amines is 1. The van der Waals surface area contributed by atoms with Gasteiger partial charge in [-0.1, -0.05) is 35.3 Å². The average Bonchev–Trinajstić information content (AvgIpc) is 3.14. The summed E-state index contributed by atoms with van der Waals surface area (Å²) in [5.74, 6) is 0.132. The average molecular weight is 429 g/mol. The zero-order valence-electron chi connectivity index (χ0n) is 14.4. The van der Waals surface area contributed by atoms with E-state index in [1.807, 2.05) is 12.1 Å². The highest BCUT2D eigenvalue weighted by atomic mass is 35.5. The number of benzene rings is 1. The Kier molecular flexibility index (Phi) is 5.54. The molecular weight excluding hydrogens is 416 g/mol. The normalized spacial score (nSPS) is 11.5. The van der Waals surface area contributed by atoms with Crippen molar-refractivity contribution in [3.63, 3.8) is 0 Å². The zero-order chi connectivity index (χ0) is 20.5. The van der Waals surface area contributed by atoms with Crippen molar-refractivity contribution in [2.24, 2.45) is 7.05 Å². The molecule has 11 heteroatoms. The molecule has 0 spiro atoms. The van der Waals surface area contributed by atoms with Crippen molar-refractivity contribution in [3.05, 3.63) is 62.5 Å². The molecule has 146 valence electrons. The van der Waals surface area contributed by atoms with Gasteiger partial charge in [-0.2, -0.15) is 28.6 Å². The number of rotatable bonds is 5. The summed E-state index contributed by atoms with van der Waals surface area (Å²) in [7, 11) is 1.32. The third-order valence-corrected chi connectivity index (χ3v) is 4.70. The number of H-pyrrole nitrogens is 1. The first-order valence-electron chi connectivity index (χ1n) is 7.95. The second-order valence-electron chi connectivity index (χ2n) is 5.94. The first-order chi connectivity index (χ1) is 13.2. The first kappa shape index (κ1) is 20.0. The molecule has 0 aliphatic heterocycles. The summed E-state index contributed by atoms with van der Waals surface area (Å²) in [5.41, 5.74) is 0.267. The third-order valence-electron chi connectivity index (χ3n) is 3.99. The van der Waals surface area contributed by atoms with Crippen LogP contribution in [0.5, 0.6) is 0 Å². The minimum Gasteiger partial charge on any atom is -0.363 e. The van der Waals surface area contributed by atoms with Gasteiger partial charge in [0.2, 0.25) is 0 Å². The van der Waals surface area contributed by atoms with Crippen LogP contribution in [-0.2, 0) is 26.2 Å². The van der Waals surface area contributed by atoms with Crippen LogP contribution in [0.3, 0.4) is 0 Å². The number of nitrogens with one attached hydrogen (secondary N) is 2. The van der Waals surface area contributed by atoms with Gasteiger partial charge in [-0.3, -0.25) is 9.78 Å². The maximum atomic E-state index is 13.1. The van der Waals surface area contributed by atoms with Gasteiger partial charge >= 0.3 is 6.18 Å². The van der Waals surface area contributed by atoms with E-state index in [-0.39, 0.29) is 28.6 Å². The Hall–Kier alpha value is -2.70. The summed E-state index contributed by atoms with van der Waals surface area (Å²) in [4.78, 5) is 0. The fourth-order valence-electron chi connectivity index (χ4n) is 2.71. The Morgan fingerprint density at radius 3 is 2.71 bits per heavy atom. The summed E-state index contributed by atoms with van der Waals surface area (Å²) in [5, 5.41) is 22.8. The van der Waals surface area contributed by atoms with Gasteiger partial charge in [0, 0.05) is 30.6 Å². The van der Waals surface area contributed by atoms with Crippen LogP contribution in [0.25, 0.3) is 0 Å². The lowest BCUT2D eigenvalue weighted by molar-refractivity contribution is -0.142. The molecule has 1 aromatic carbocycles. The molecule has 0 unspecified atom stereocenters. The van der Waals surface area contributed by atoms with E-state index in [2.05, 4.69) is 20.6 Å². The Morgan fingerprint density at radius 2 is 2.07 bits per heavy atom. The molecule has 2 N–H and O–H groups in total.